The van der Waals surface area contributed by atoms with Crippen LogP contribution in [-0.2, 0) is 6.42 Å². The van der Waals surface area contributed by atoms with Crippen molar-refractivity contribution in [2.75, 3.05) is 11.9 Å². The summed E-state index contributed by atoms with van der Waals surface area (Å²) in [5, 5.41) is 4.19. The van der Waals surface area contributed by atoms with Crippen molar-refractivity contribution in [3.63, 3.8) is 0 Å². The molecular weight excluding hydrogens is 318 g/mol. The van der Waals surface area contributed by atoms with Gasteiger partial charge in [-0.25, -0.2) is 0 Å². The number of benzene rings is 1. The minimum absolute atomic E-state index is 0.0533. The quantitative estimate of drug-likeness (QED) is 0.859. The second kappa shape index (κ2) is 6.17. The second-order valence-corrected chi connectivity index (χ2v) is 6.35. The molecule has 0 bridgehead atoms. The number of amides is 1. The molecule has 1 saturated carbocycles. The predicted octanol–water partition coefficient (Wildman–Crippen LogP) is 3.31. The summed E-state index contributed by atoms with van der Waals surface area (Å²) in [4.78, 5) is 12.4. The molecule has 3 nitrogen and oxygen atoms in total. The first-order valence-electron chi connectivity index (χ1n) is 7.40. The van der Waals surface area contributed by atoms with Crippen molar-refractivity contribution in [3.8, 4) is 5.75 Å². The van der Waals surface area contributed by atoms with Gasteiger partial charge >= 0.3 is 0 Å². The number of carbonyl (C=O) groups excluding carboxylic acids is 1. The van der Waals surface area contributed by atoms with E-state index in [0.29, 0.717) is 12.0 Å². The Morgan fingerprint density at radius 2 is 2.20 bits per heavy atom. The number of carbonyl (C=O) groups is 1. The van der Waals surface area contributed by atoms with E-state index in [1.807, 2.05) is 18.2 Å². The van der Waals surface area contributed by atoms with Crippen molar-refractivity contribution in [1.82, 2.24) is 5.32 Å². The van der Waals surface area contributed by atoms with Crippen LogP contribution < -0.4 is 10.1 Å². The van der Waals surface area contributed by atoms with E-state index in [2.05, 4.69) is 21.2 Å². The zero-order valence-corrected chi connectivity index (χ0v) is 13.1. The number of alkyl halides is 1. The first-order chi connectivity index (χ1) is 9.78. The molecule has 1 aromatic carbocycles. The Hall–Kier alpha value is -1.03. The fraction of sp³-hybridized carbons (Fsp3) is 0.562. The lowest BCUT2D eigenvalue weighted by Crippen LogP contribution is -2.42. The molecule has 3 rings (SSSR count). The van der Waals surface area contributed by atoms with Gasteiger partial charge in [-0.2, -0.15) is 0 Å². The molecule has 1 aromatic rings. The van der Waals surface area contributed by atoms with Crippen LogP contribution >= 0.6 is 15.9 Å². The molecule has 1 aliphatic carbocycles. The van der Waals surface area contributed by atoms with E-state index in [-0.39, 0.29) is 5.91 Å². The van der Waals surface area contributed by atoms with Crippen LogP contribution in [0.5, 0.6) is 5.75 Å². The van der Waals surface area contributed by atoms with Gasteiger partial charge in [-0.15, -0.1) is 0 Å². The highest BCUT2D eigenvalue weighted by Crippen LogP contribution is 2.28. The summed E-state index contributed by atoms with van der Waals surface area (Å²) >= 11 is 3.57. The first kappa shape index (κ1) is 13.9. The molecule has 2 unspecified atom stereocenters. The summed E-state index contributed by atoms with van der Waals surface area (Å²) < 4.78 is 5.48. The molecule has 0 aromatic heterocycles. The van der Waals surface area contributed by atoms with Gasteiger partial charge in [0.15, 0.2) is 0 Å². The maximum Gasteiger partial charge on any atom is 0.251 e. The number of halogens is 1. The van der Waals surface area contributed by atoms with Crippen molar-refractivity contribution in [2.24, 2.45) is 5.92 Å². The van der Waals surface area contributed by atoms with Crippen molar-refractivity contribution >= 4 is 21.8 Å². The zero-order chi connectivity index (χ0) is 13.9. The smallest absolute Gasteiger partial charge is 0.251 e. The third-order valence-corrected chi connectivity index (χ3v) is 5.21. The Kier molecular flexibility index (Phi) is 4.29. The summed E-state index contributed by atoms with van der Waals surface area (Å²) in [6.45, 7) is 0.731. The van der Waals surface area contributed by atoms with E-state index in [9.17, 15) is 4.79 Å². The summed E-state index contributed by atoms with van der Waals surface area (Å²) in [6.07, 6.45) is 5.69. The van der Waals surface area contributed by atoms with E-state index >= 15 is 0 Å². The van der Waals surface area contributed by atoms with Crippen molar-refractivity contribution in [3.05, 3.63) is 29.3 Å². The highest BCUT2D eigenvalue weighted by atomic mass is 79.9. The lowest BCUT2D eigenvalue weighted by molar-refractivity contribution is 0.0911. The maximum atomic E-state index is 12.4. The van der Waals surface area contributed by atoms with Crippen LogP contribution in [0.3, 0.4) is 0 Å². The van der Waals surface area contributed by atoms with Crippen molar-refractivity contribution in [2.45, 2.75) is 38.1 Å². The number of fused-ring (bicyclic) bond motifs is 1. The molecule has 108 valence electrons. The maximum absolute atomic E-state index is 12.4. The summed E-state index contributed by atoms with van der Waals surface area (Å²) in [5.74, 6) is 1.54. The van der Waals surface area contributed by atoms with Gasteiger partial charge in [-0.1, -0.05) is 28.8 Å². The largest absolute Gasteiger partial charge is 0.493 e. The Morgan fingerprint density at radius 1 is 1.35 bits per heavy atom. The standard InChI is InChI=1S/C16H20BrNO2/c17-10-13-3-1-2-4-14(13)18-16(19)12-5-6-15-11(9-12)7-8-20-15/h5-6,9,13-14H,1-4,7-8,10H2,(H,18,19). The van der Waals surface area contributed by atoms with E-state index < -0.39 is 0 Å². The number of hydrogen-bond donors (Lipinski definition) is 1. The Morgan fingerprint density at radius 3 is 3.05 bits per heavy atom. The highest BCUT2D eigenvalue weighted by molar-refractivity contribution is 9.09. The van der Waals surface area contributed by atoms with Crippen LogP contribution in [0, 0.1) is 5.92 Å². The van der Waals surface area contributed by atoms with Gasteiger partial charge in [0.25, 0.3) is 5.91 Å². The molecule has 1 fully saturated rings. The molecule has 20 heavy (non-hydrogen) atoms. The van der Waals surface area contributed by atoms with Gasteiger partial charge in [-0.05, 0) is 42.5 Å². The van der Waals surface area contributed by atoms with Crippen molar-refractivity contribution in [1.29, 1.82) is 0 Å². The molecular formula is C16H20BrNO2. The van der Waals surface area contributed by atoms with Gasteiger partial charge in [0.05, 0.1) is 6.61 Å². The third kappa shape index (κ3) is 2.85. The van der Waals surface area contributed by atoms with Crippen LogP contribution in [0.25, 0.3) is 0 Å². The fourth-order valence-electron chi connectivity index (χ4n) is 3.16. The molecule has 1 amide bonds. The third-order valence-electron chi connectivity index (χ3n) is 4.38. The summed E-state index contributed by atoms with van der Waals surface area (Å²) in [7, 11) is 0. The van der Waals surface area contributed by atoms with Crippen LogP contribution in [-0.4, -0.2) is 23.9 Å². The lowest BCUT2D eigenvalue weighted by atomic mass is 9.85. The fourth-order valence-corrected chi connectivity index (χ4v) is 3.94. The molecule has 0 radical (unpaired) electrons. The SMILES string of the molecule is O=C(NC1CCCCC1CBr)c1ccc2c(c1)CCO2. The number of nitrogens with one attached hydrogen (secondary N) is 1. The summed E-state index contributed by atoms with van der Waals surface area (Å²) in [5.41, 5.74) is 1.91. The zero-order valence-electron chi connectivity index (χ0n) is 11.5. The number of rotatable bonds is 3. The van der Waals surface area contributed by atoms with Crippen LogP contribution in [0.2, 0.25) is 0 Å². The summed E-state index contributed by atoms with van der Waals surface area (Å²) in [6, 6.07) is 6.06. The van der Waals surface area contributed by atoms with Gasteiger partial charge in [0.2, 0.25) is 0 Å². The Bertz CT molecular complexity index is 503. The van der Waals surface area contributed by atoms with Crippen LogP contribution in [0.4, 0.5) is 0 Å². The van der Waals surface area contributed by atoms with E-state index in [1.165, 1.54) is 19.3 Å². The van der Waals surface area contributed by atoms with E-state index in [1.54, 1.807) is 0 Å². The molecule has 0 saturated heterocycles. The topological polar surface area (TPSA) is 38.3 Å². The van der Waals surface area contributed by atoms with Gasteiger partial charge in [0.1, 0.15) is 5.75 Å². The highest BCUT2D eigenvalue weighted by Gasteiger charge is 2.26. The molecule has 1 aliphatic heterocycles. The molecule has 1 heterocycles. The molecule has 1 N–H and O–H groups in total. The first-order valence-corrected chi connectivity index (χ1v) is 8.52. The lowest BCUT2D eigenvalue weighted by Gasteiger charge is -2.31. The van der Waals surface area contributed by atoms with E-state index in [0.717, 1.165) is 41.7 Å². The van der Waals surface area contributed by atoms with E-state index in [4.69, 9.17) is 4.74 Å². The number of hydrogen-bond acceptors (Lipinski definition) is 2. The Balaban J connectivity index is 1.69. The van der Waals surface area contributed by atoms with Gasteiger partial charge < -0.3 is 10.1 Å². The predicted molar refractivity (Wildman–Crippen MR) is 82.6 cm³/mol. The molecule has 2 aliphatic rings. The molecule has 4 heteroatoms. The van der Waals surface area contributed by atoms with Crippen molar-refractivity contribution < 1.29 is 9.53 Å². The average Bonchev–Trinajstić information content (AvgIpc) is 2.95. The minimum atomic E-state index is 0.0533. The Labute approximate surface area is 128 Å². The van der Waals surface area contributed by atoms with Crippen LogP contribution in [0.15, 0.2) is 18.2 Å². The van der Waals surface area contributed by atoms with Gasteiger partial charge in [0, 0.05) is 23.4 Å². The normalized spacial score (nSPS) is 24.9. The van der Waals surface area contributed by atoms with Gasteiger partial charge in [-0.3, -0.25) is 4.79 Å². The number of ether oxygens (including phenoxy) is 1. The molecule has 0 spiro atoms. The second-order valence-electron chi connectivity index (χ2n) is 5.70. The van der Waals surface area contributed by atoms with Crippen LogP contribution in [0.1, 0.15) is 41.6 Å². The molecule has 2 atom stereocenters. The minimum Gasteiger partial charge on any atom is -0.493 e. The monoisotopic (exact) mass is 337 g/mol. The average molecular weight is 338 g/mol.